The van der Waals surface area contributed by atoms with Crippen LogP contribution in [0, 0.1) is 0 Å². The van der Waals surface area contributed by atoms with Gasteiger partial charge < -0.3 is 25.3 Å². The number of ether oxygens (including phenoxy) is 3. The molecule has 25 heavy (non-hydrogen) atoms. The molecule has 3 N–H and O–H groups in total. The Labute approximate surface area is 143 Å². The average molecular weight is 337 g/mol. The Balaban J connectivity index is 1.58. The number of fused-ring (bicyclic) bond motifs is 1. The first kappa shape index (κ1) is 15.0. The molecule has 0 aliphatic carbocycles. The number of nitrogen functional groups attached to an aromatic ring is 1. The number of hydrogen-bond acceptors (Lipinski definition) is 8. The Morgan fingerprint density at radius 1 is 1.08 bits per heavy atom. The largest absolute Gasteiger partial charge is 0.486 e. The summed E-state index contributed by atoms with van der Waals surface area (Å²) in [6.45, 7) is 1.07. The van der Waals surface area contributed by atoms with E-state index in [4.69, 9.17) is 19.9 Å². The highest BCUT2D eigenvalue weighted by atomic mass is 16.6. The van der Waals surface area contributed by atoms with Crippen molar-refractivity contribution in [2.75, 3.05) is 24.3 Å². The number of pyridine rings is 1. The summed E-state index contributed by atoms with van der Waals surface area (Å²) in [6.07, 6.45) is 4.61. The first-order valence-corrected chi connectivity index (χ1v) is 7.64. The van der Waals surface area contributed by atoms with Gasteiger partial charge in [0, 0.05) is 18.0 Å². The highest BCUT2D eigenvalue weighted by Crippen LogP contribution is 2.35. The lowest BCUT2D eigenvalue weighted by atomic mass is 10.2. The molecule has 0 amide bonds. The average Bonchev–Trinajstić information content (AvgIpc) is 2.66. The molecule has 3 heterocycles. The maximum absolute atomic E-state index is 6.13. The van der Waals surface area contributed by atoms with Gasteiger partial charge in [-0.05, 0) is 24.3 Å². The lowest BCUT2D eigenvalue weighted by Gasteiger charge is -2.19. The van der Waals surface area contributed by atoms with Crippen LogP contribution in [0.5, 0.6) is 23.1 Å². The van der Waals surface area contributed by atoms with Gasteiger partial charge in [-0.15, -0.1) is 0 Å². The van der Waals surface area contributed by atoms with E-state index in [-0.39, 0.29) is 5.88 Å². The van der Waals surface area contributed by atoms with E-state index in [1.165, 1.54) is 6.33 Å². The van der Waals surface area contributed by atoms with Gasteiger partial charge >= 0.3 is 0 Å². The molecular weight excluding hydrogens is 322 g/mol. The molecule has 0 saturated carbocycles. The lowest BCUT2D eigenvalue weighted by molar-refractivity contribution is 0.171. The number of nitrogens with zero attached hydrogens (tertiary/aromatic N) is 3. The normalized spacial score (nSPS) is 12.5. The minimum absolute atomic E-state index is 0.253. The Morgan fingerprint density at radius 3 is 2.80 bits per heavy atom. The van der Waals surface area contributed by atoms with Gasteiger partial charge in [0.25, 0.3) is 0 Å². The van der Waals surface area contributed by atoms with E-state index < -0.39 is 0 Å². The zero-order chi connectivity index (χ0) is 17.1. The van der Waals surface area contributed by atoms with Crippen LogP contribution in [0.4, 0.5) is 17.2 Å². The molecule has 2 aromatic heterocycles. The maximum Gasteiger partial charge on any atom is 0.248 e. The van der Waals surface area contributed by atoms with Crippen molar-refractivity contribution in [2.45, 2.75) is 0 Å². The third kappa shape index (κ3) is 3.23. The van der Waals surface area contributed by atoms with E-state index in [0.717, 1.165) is 5.69 Å². The smallest absolute Gasteiger partial charge is 0.248 e. The second-order valence-electron chi connectivity index (χ2n) is 5.22. The molecule has 0 bridgehead atoms. The van der Waals surface area contributed by atoms with E-state index in [1.807, 2.05) is 18.2 Å². The van der Waals surface area contributed by atoms with Crippen molar-refractivity contribution in [3.8, 4) is 23.1 Å². The topological polar surface area (TPSA) is 104 Å². The van der Waals surface area contributed by atoms with Crippen LogP contribution in [0.1, 0.15) is 0 Å². The predicted molar refractivity (Wildman–Crippen MR) is 91.5 cm³/mol. The minimum Gasteiger partial charge on any atom is -0.486 e. The van der Waals surface area contributed by atoms with Crippen molar-refractivity contribution in [2.24, 2.45) is 0 Å². The molecule has 0 unspecified atom stereocenters. The van der Waals surface area contributed by atoms with Gasteiger partial charge in [0.15, 0.2) is 17.3 Å². The fourth-order valence-corrected chi connectivity index (χ4v) is 2.34. The van der Waals surface area contributed by atoms with Gasteiger partial charge in [-0.1, -0.05) is 0 Å². The van der Waals surface area contributed by atoms with Crippen molar-refractivity contribution in [1.29, 1.82) is 0 Å². The van der Waals surface area contributed by atoms with E-state index in [1.54, 1.807) is 24.5 Å². The predicted octanol–water partition coefficient (Wildman–Crippen LogP) is 2.76. The molecule has 0 atom stereocenters. The van der Waals surface area contributed by atoms with Gasteiger partial charge in [0.05, 0.1) is 6.20 Å². The summed E-state index contributed by atoms with van der Waals surface area (Å²) >= 11 is 0. The summed E-state index contributed by atoms with van der Waals surface area (Å²) in [6, 6.07) is 9.05. The Hall–Kier alpha value is -3.55. The summed E-state index contributed by atoms with van der Waals surface area (Å²) in [7, 11) is 0. The van der Waals surface area contributed by atoms with Crippen LogP contribution in [-0.4, -0.2) is 28.2 Å². The molecule has 1 aliphatic heterocycles. The molecule has 8 nitrogen and oxygen atoms in total. The molecule has 126 valence electrons. The second-order valence-corrected chi connectivity index (χ2v) is 5.22. The van der Waals surface area contributed by atoms with E-state index in [9.17, 15) is 0 Å². The third-order valence-electron chi connectivity index (χ3n) is 3.50. The van der Waals surface area contributed by atoms with Crippen molar-refractivity contribution in [3.05, 3.63) is 49.1 Å². The van der Waals surface area contributed by atoms with Crippen LogP contribution in [0.25, 0.3) is 0 Å². The Kier molecular flexibility index (Phi) is 3.91. The fourth-order valence-electron chi connectivity index (χ4n) is 2.34. The third-order valence-corrected chi connectivity index (χ3v) is 3.50. The van der Waals surface area contributed by atoms with Crippen LogP contribution in [0.15, 0.2) is 49.1 Å². The van der Waals surface area contributed by atoms with E-state index in [0.29, 0.717) is 42.0 Å². The van der Waals surface area contributed by atoms with Crippen LogP contribution in [0.3, 0.4) is 0 Å². The van der Waals surface area contributed by atoms with Crippen molar-refractivity contribution in [1.82, 2.24) is 15.0 Å². The number of hydrogen-bond donors (Lipinski definition) is 2. The zero-order valence-corrected chi connectivity index (χ0v) is 13.2. The van der Waals surface area contributed by atoms with Crippen LogP contribution in [0.2, 0.25) is 0 Å². The van der Waals surface area contributed by atoms with Gasteiger partial charge in [-0.2, -0.15) is 4.98 Å². The molecule has 1 aliphatic rings. The number of benzene rings is 1. The van der Waals surface area contributed by atoms with Crippen molar-refractivity contribution in [3.63, 3.8) is 0 Å². The minimum atomic E-state index is 0.253. The highest BCUT2D eigenvalue weighted by Gasteiger charge is 2.14. The summed E-state index contributed by atoms with van der Waals surface area (Å²) in [4.78, 5) is 12.2. The summed E-state index contributed by atoms with van der Waals surface area (Å²) < 4.78 is 16.7. The highest BCUT2D eigenvalue weighted by molar-refractivity contribution is 5.73. The first-order chi connectivity index (χ1) is 12.3. The number of nitrogens with one attached hydrogen (secondary N) is 1. The summed E-state index contributed by atoms with van der Waals surface area (Å²) in [5, 5.41) is 3.14. The molecular formula is C17H15N5O3. The molecule has 8 heteroatoms. The van der Waals surface area contributed by atoms with E-state index >= 15 is 0 Å². The number of anilines is 3. The standard InChI is InChI=1S/C17H15N5O3/c18-15-16(20-10-21-17(15)25-12-2-1-5-19-9-12)22-11-3-4-13-14(8-11)24-7-6-23-13/h1-5,8-10H,6-7,18H2,(H,20,21,22). The quantitative estimate of drug-likeness (QED) is 0.749. The molecule has 3 aromatic rings. The molecule has 0 fully saturated rings. The van der Waals surface area contributed by atoms with E-state index in [2.05, 4.69) is 20.3 Å². The van der Waals surface area contributed by atoms with Crippen molar-refractivity contribution < 1.29 is 14.2 Å². The Morgan fingerprint density at radius 2 is 1.96 bits per heavy atom. The number of aromatic nitrogens is 3. The van der Waals surface area contributed by atoms with Gasteiger partial charge in [-0.3, -0.25) is 4.98 Å². The molecule has 0 spiro atoms. The van der Waals surface area contributed by atoms with Crippen LogP contribution in [-0.2, 0) is 0 Å². The lowest BCUT2D eigenvalue weighted by Crippen LogP contribution is -2.15. The maximum atomic E-state index is 6.13. The SMILES string of the molecule is Nc1c(Nc2ccc3c(c2)OCCO3)ncnc1Oc1cccnc1. The number of rotatable bonds is 4. The Bertz CT molecular complexity index is 889. The molecule has 0 saturated heterocycles. The first-order valence-electron chi connectivity index (χ1n) is 7.64. The molecule has 0 radical (unpaired) electrons. The van der Waals surface area contributed by atoms with Gasteiger partial charge in [-0.25, -0.2) is 4.98 Å². The summed E-state index contributed by atoms with van der Waals surface area (Å²) in [5.41, 5.74) is 7.19. The summed E-state index contributed by atoms with van der Waals surface area (Å²) in [5.74, 6) is 2.62. The molecule has 1 aromatic carbocycles. The van der Waals surface area contributed by atoms with Crippen LogP contribution >= 0.6 is 0 Å². The van der Waals surface area contributed by atoms with Crippen molar-refractivity contribution >= 4 is 17.2 Å². The number of nitrogens with two attached hydrogens (primary N) is 1. The fraction of sp³-hybridized carbons (Fsp3) is 0.118. The monoisotopic (exact) mass is 337 g/mol. The van der Waals surface area contributed by atoms with Crippen LogP contribution < -0.4 is 25.3 Å². The zero-order valence-electron chi connectivity index (χ0n) is 13.2. The van der Waals surface area contributed by atoms with Gasteiger partial charge in [0.2, 0.25) is 5.88 Å². The molecule has 4 rings (SSSR count). The second kappa shape index (κ2) is 6.52. The van der Waals surface area contributed by atoms with Gasteiger partial charge in [0.1, 0.15) is 31.0 Å².